The lowest BCUT2D eigenvalue weighted by molar-refractivity contribution is 0.310. The van der Waals surface area contributed by atoms with Gasteiger partial charge in [0.2, 0.25) is 5.88 Å². The van der Waals surface area contributed by atoms with Crippen LogP contribution in [0.4, 0.5) is 5.88 Å². The molecule has 3 aromatic heterocycles. The summed E-state index contributed by atoms with van der Waals surface area (Å²) in [5.74, 6) is 2.64. The van der Waals surface area contributed by atoms with Crippen LogP contribution in [0.3, 0.4) is 0 Å². The summed E-state index contributed by atoms with van der Waals surface area (Å²) < 4.78 is 28.7. The molecule has 0 amide bonds. The number of benzene rings is 1. The number of hydrogen-bond acceptors (Lipinski definition) is 7. The summed E-state index contributed by atoms with van der Waals surface area (Å²) in [5.41, 5.74) is 1.46. The molecule has 156 valence electrons. The van der Waals surface area contributed by atoms with Gasteiger partial charge in [-0.1, -0.05) is 0 Å². The number of rotatable bonds is 7. The largest absolute Gasteiger partial charge is 0.492 e. The zero-order chi connectivity index (χ0) is 21.8. The normalized spacial score (nSPS) is 11.0. The van der Waals surface area contributed by atoms with Crippen molar-refractivity contribution in [3.8, 4) is 40.4 Å². The summed E-state index contributed by atoms with van der Waals surface area (Å²) in [6.07, 6.45) is 4.65. The van der Waals surface area contributed by atoms with Gasteiger partial charge in [-0.15, -0.1) is 0 Å². The molecule has 0 atom stereocenters. The first-order chi connectivity index (χ1) is 15.2. The van der Waals surface area contributed by atoms with Crippen LogP contribution in [0.25, 0.3) is 22.8 Å². The van der Waals surface area contributed by atoms with E-state index in [2.05, 4.69) is 27.0 Å². The van der Waals surface area contributed by atoms with E-state index >= 15 is 0 Å². The molecule has 3 heterocycles. The van der Waals surface area contributed by atoms with Crippen molar-refractivity contribution in [2.24, 2.45) is 4.99 Å². The third-order valence-electron chi connectivity index (χ3n) is 4.38. The van der Waals surface area contributed by atoms with Gasteiger partial charge in [0.05, 0.1) is 36.3 Å². The van der Waals surface area contributed by atoms with Gasteiger partial charge in [-0.2, -0.15) is 5.26 Å². The van der Waals surface area contributed by atoms with E-state index in [0.29, 0.717) is 41.0 Å². The summed E-state index contributed by atoms with van der Waals surface area (Å²) in [5, 5.41) is 9.83. The van der Waals surface area contributed by atoms with Crippen LogP contribution in [0, 0.1) is 11.3 Å². The van der Waals surface area contributed by atoms with Gasteiger partial charge in [-0.05, 0) is 64.8 Å². The van der Waals surface area contributed by atoms with Gasteiger partial charge in [0.25, 0.3) is 0 Å². The Labute approximate surface area is 186 Å². The quantitative estimate of drug-likeness (QED) is 0.277. The minimum absolute atomic E-state index is 0.144. The smallest absolute Gasteiger partial charge is 0.238 e. The van der Waals surface area contributed by atoms with Gasteiger partial charge in [-0.25, -0.2) is 4.99 Å². The van der Waals surface area contributed by atoms with Crippen molar-refractivity contribution in [2.45, 2.75) is 6.92 Å². The molecule has 8 heteroatoms. The highest BCUT2D eigenvalue weighted by molar-refractivity contribution is 9.10. The van der Waals surface area contributed by atoms with Gasteiger partial charge in [0.15, 0.2) is 23.0 Å². The van der Waals surface area contributed by atoms with Gasteiger partial charge in [-0.3, -0.25) is 0 Å². The minimum atomic E-state index is 0.144. The lowest BCUT2D eigenvalue weighted by Gasteiger charge is -2.11. The minimum Gasteiger partial charge on any atom is -0.492 e. The van der Waals surface area contributed by atoms with E-state index < -0.39 is 0 Å². The maximum Gasteiger partial charge on any atom is 0.238 e. The molecule has 0 aliphatic carbocycles. The molecule has 0 aliphatic rings. The number of nitriles is 1. The lowest BCUT2D eigenvalue weighted by atomic mass is 10.1. The van der Waals surface area contributed by atoms with E-state index in [4.69, 9.17) is 22.7 Å². The average molecular weight is 481 g/mol. The van der Waals surface area contributed by atoms with Crippen LogP contribution in [0.2, 0.25) is 0 Å². The summed E-state index contributed by atoms with van der Waals surface area (Å²) in [7, 11) is 1.57. The van der Waals surface area contributed by atoms with Gasteiger partial charge < -0.3 is 22.7 Å². The van der Waals surface area contributed by atoms with Crippen molar-refractivity contribution in [1.82, 2.24) is 0 Å². The Morgan fingerprint density at radius 2 is 1.90 bits per heavy atom. The topological polar surface area (TPSA) is 94.0 Å². The second-order valence-corrected chi connectivity index (χ2v) is 7.13. The Morgan fingerprint density at radius 3 is 2.52 bits per heavy atom. The first-order valence-corrected chi connectivity index (χ1v) is 10.1. The van der Waals surface area contributed by atoms with Crippen LogP contribution in [-0.4, -0.2) is 19.9 Å². The van der Waals surface area contributed by atoms with Crippen LogP contribution in [0.5, 0.6) is 11.5 Å². The molecule has 7 nitrogen and oxygen atoms in total. The fraction of sp³-hybridized carbons (Fsp3) is 0.130. The summed E-state index contributed by atoms with van der Waals surface area (Å²) in [4.78, 5) is 4.43. The third-order valence-corrected chi connectivity index (χ3v) is 4.97. The highest BCUT2D eigenvalue weighted by atomic mass is 79.9. The van der Waals surface area contributed by atoms with E-state index in [0.717, 1.165) is 10.0 Å². The molecular formula is C23H17BrN2O5. The number of ether oxygens (including phenoxy) is 2. The van der Waals surface area contributed by atoms with Gasteiger partial charge in [0, 0.05) is 6.21 Å². The Balaban J connectivity index is 1.80. The van der Waals surface area contributed by atoms with Gasteiger partial charge in [0.1, 0.15) is 17.4 Å². The van der Waals surface area contributed by atoms with E-state index in [1.54, 1.807) is 43.7 Å². The molecule has 0 saturated heterocycles. The fourth-order valence-corrected chi connectivity index (χ4v) is 3.73. The van der Waals surface area contributed by atoms with Crippen molar-refractivity contribution in [3.63, 3.8) is 0 Å². The number of nitrogens with zero attached hydrogens (tertiary/aromatic N) is 2. The standard InChI is InChI=1S/C23H17BrN2O5/c1-3-28-19-11-14(10-16(24)21(19)27-2)13-26-23-15(12-25)20(17-6-4-8-29-17)22(31-23)18-7-5-9-30-18/h4-11,13H,3H2,1-2H3. The molecule has 4 aromatic rings. The first-order valence-electron chi connectivity index (χ1n) is 9.35. The first kappa shape index (κ1) is 20.6. The maximum absolute atomic E-state index is 9.83. The van der Waals surface area contributed by atoms with E-state index in [1.165, 1.54) is 12.5 Å². The van der Waals surface area contributed by atoms with Gasteiger partial charge >= 0.3 is 0 Å². The highest BCUT2D eigenvalue weighted by Gasteiger charge is 2.26. The van der Waals surface area contributed by atoms with Crippen LogP contribution in [0.15, 0.2) is 71.6 Å². The molecule has 0 unspecified atom stereocenters. The molecule has 31 heavy (non-hydrogen) atoms. The van der Waals surface area contributed by atoms with Crippen molar-refractivity contribution < 1.29 is 22.7 Å². The molecule has 0 N–H and O–H groups in total. The fourth-order valence-electron chi connectivity index (χ4n) is 3.11. The molecule has 1 aromatic carbocycles. The number of aliphatic imine (C=N–C) groups is 1. The number of hydrogen-bond donors (Lipinski definition) is 0. The molecule has 0 bridgehead atoms. The molecule has 0 fully saturated rings. The summed E-state index contributed by atoms with van der Waals surface area (Å²) >= 11 is 3.48. The molecule has 0 spiro atoms. The monoisotopic (exact) mass is 480 g/mol. The Kier molecular flexibility index (Phi) is 5.96. The Hall–Kier alpha value is -3.70. The van der Waals surface area contributed by atoms with Crippen LogP contribution >= 0.6 is 15.9 Å². The molecule has 4 rings (SSSR count). The molecular weight excluding hydrogens is 464 g/mol. The summed E-state index contributed by atoms with van der Waals surface area (Å²) in [6.45, 7) is 2.38. The van der Waals surface area contributed by atoms with E-state index in [9.17, 15) is 5.26 Å². The Morgan fingerprint density at radius 1 is 1.16 bits per heavy atom. The zero-order valence-electron chi connectivity index (χ0n) is 16.7. The second-order valence-electron chi connectivity index (χ2n) is 6.28. The number of furan rings is 3. The maximum atomic E-state index is 9.83. The zero-order valence-corrected chi connectivity index (χ0v) is 18.3. The van der Waals surface area contributed by atoms with Crippen LogP contribution in [-0.2, 0) is 0 Å². The van der Waals surface area contributed by atoms with Crippen molar-refractivity contribution in [3.05, 3.63) is 64.5 Å². The van der Waals surface area contributed by atoms with Crippen molar-refractivity contribution in [2.75, 3.05) is 13.7 Å². The number of methoxy groups -OCH3 is 1. The SMILES string of the molecule is CCOc1cc(C=Nc2oc(-c3ccco3)c(-c3ccco3)c2C#N)cc(Br)c1OC. The van der Waals surface area contributed by atoms with Crippen molar-refractivity contribution >= 4 is 28.0 Å². The van der Waals surface area contributed by atoms with Crippen LogP contribution in [0.1, 0.15) is 18.1 Å². The van der Waals surface area contributed by atoms with E-state index in [-0.39, 0.29) is 11.4 Å². The third kappa shape index (κ3) is 4.00. The Bertz CT molecular complexity index is 1250. The molecule has 0 radical (unpaired) electrons. The average Bonchev–Trinajstić information content (AvgIpc) is 3.52. The number of halogens is 1. The predicted octanol–water partition coefficient (Wildman–Crippen LogP) is 6.59. The van der Waals surface area contributed by atoms with Crippen molar-refractivity contribution in [1.29, 1.82) is 5.26 Å². The summed E-state index contributed by atoms with van der Waals surface area (Å²) in [6, 6.07) is 12.8. The highest BCUT2D eigenvalue weighted by Crippen LogP contribution is 2.43. The van der Waals surface area contributed by atoms with E-state index in [1.807, 2.05) is 13.0 Å². The predicted molar refractivity (Wildman–Crippen MR) is 118 cm³/mol. The lowest BCUT2D eigenvalue weighted by Crippen LogP contribution is -1.97. The molecule has 0 aliphatic heterocycles. The second kappa shape index (κ2) is 8.98. The molecule has 0 saturated carbocycles. The van der Waals surface area contributed by atoms with Crippen LogP contribution < -0.4 is 9.47 Å².